The number of aldehydes is 1. The van der Waals surface area contributed by atoms with Gasteiger partial charge in [0.1, 0.15) is 11.2 Å². The Kier molecular flexibility index (Phi) is 23.8. The van der Waals surface area contributed by atoms with Gasteiger partial charge in [-0.15, -0.1) is 0 Å². The summed E-state index contributed by atoms with van der Waals surface area (Å²) in [7, 11) is 0. The van der Waals surface area contributed by atoms with Gasteiger partial charge in [-0.3, -0.25) is 4.79 Å². The Morgan fingerprint density at radius 3 is 1.24 bits per heavy atom. The van der Waals surface area contributed by atoms with Crippen LogP contribution in [0.25, 0.3) is 0 Å². The molecule has 6 fully saturated rings. The summed E-state index contributed by atoms with van der Waals surface area (Å²) < 4.78 is 11.5. The van der Waals surface area contributed by atoms with Crippen LogP contribution in [0.1, 0.15) is 175 Å². The first-order chi connectivity index (χ1) is 43.2. The van der Waals surface area contributed by atoms with Gasteiger partial charge in [0.05, 0.1) is 5.02 Å². The normalized spacial score (nSPS) is 21.8. The second-order valence-corrected chi connectivity index (χ2v) is 29.6. The van der Waals surface area contributed by atoms with E-state index >= 15 is 0 Å². The van der Waals surface area contributed by atoms with Crippen LogP contribution in [0, 0.1) is 16.2 Å². The van der Waals surface area contributed by atoms with Gasteiger partial charge in [-0.05, 0) is 157 Å². The SMILES string of the molecule is CC(C)(C)OC(=O)N(CC1(CN)CCC1)[C@H]1CC1c1ccccc1.CC(C)(C)OC(=O)N(CC1(CNCc2ccccc2Cl)CCC1)[C@H]1CC1c1ccccc1.Clc1ccccc1CNCC1(CN[C@H]2CC2c2ccccc2)CCC1.O=Cc1ccccc1Cl. The lowest BCUT2D eigenvalue weighted by Crippen LogP contribution is -2.51. The number of nitrogens with two attached hydrogens (primary N) is 1. The second kappa shape index (κ2) is 31.2. The van der Waals surface area contributed by atoms with Gasteiger partial charge < -0.3 is 41.0 Å². The van der Waals surface area contributed by atoms with Crippen LogP contribution in [0.3, 0.4) is 0 Å². The summed E-state index contributed by atoms with van der Waals surface area (Å²) in [5, 5.41) is 13.3. The molecule has 5 N–H and O–H groups in total. The van der Waals surface area contributed by atoms with E-state index in [4.69, 9.17) is 50.0 Å². The van der Waals surface area contributed by atoms with Crippen molar-refractivity contribution in [3.05, 3.63) is 212 Å². The lowest BCUT2D eigenvalue weighted by atomic mass is 9.68. The average Bonchev–Trinajstić information content (AvgIpc) is 1.70. The molecule has 482 valence electrons. The Morgan fingerprint density at radius 1 is 0.500 bits per heavy atom. The van der Waals surface area contributed by atoms with Crippen molar-refractivity contribution in [2.45, 2.75) is 179 Å². The minimum atomic E-state index is -0.498. The molecule has 6 atom stereocenters. The fourth-order valence-corrected chi connectivity index (χ4v) is 13.6. The van der Waals surface area contributed by atoms with Crippen LogP contribution in [0.2, 0.25) is 15.1 Å². The third-order valence-electron chi connectivity index (χ3n) is 19.0. The van der Waals surface area contributed by atoms with Gasteiger partial charge in [0.15, 0.2) is 6.29 Å². The molecule has 0 aliphatic heterocycles. The zero-order valence-corrected chi connectivity index (χ0v) is 56.2. The first-order valence-electron chi connectivity index (χ1n) is 32.9. The maximum atomic E-state index is 13.2. The van der Waals surface area contributed by atoms with Crippen molar-refractivity contribution in [1.29, 1.82) is 0 Å². The molecular formula is C76H97Cl3N6O5. The molecule has 6 aliphatic carbocycles. The molecule has 6 aliphatic rings. The van der Waals surface area contributed by atoms with Crippen LogP contribution in [0.4, 0.5) is 9.59 Å². The van der Waals surface area contributed by atoms with Crippen molar-refractivity contribution < 1.29 is 23.9 Å². The summed E-state index contributed by atoms with van der Waals surface area (Å²) in [5.74, 6) is 1.54. The molecule has 12 rings (SSSR count). The number of amides is 2. The summed E-state index contributed by atoms with van der Waals surface area (Å²) in [4.78, 5) is 40.2. The van der Waals surface area contributed by atoms with E-state index in [0.717, 1.165) is 112 Å². The fourth-order valence-electron chi connectivity index (χ4n) is 13.0. The second-order valence-electron chi connectivity index (χ2n) is 28.4. The quantitative estimate of drug-likeness (QED) is 0.0490. The number of ether oxygens (including phenoxy) is 2. The Balaban J connectivity index is 0.000000151. The molecule has 0 aromatic heterocycles. The third kappa shape index (κ3) is 19.6. The monoisotopic (exact) mass is 1280 g/mol. The van der Waals surface area contributed by atoms with E-state index < -0.39 is 11.2 Å². The Labute approximate surface area is 551 Å². The molecule has 6 saturated carbocycles. The Bertz CT molecular complexity index is 3230. The highest BCUT2D eigenvalue weighted by molar-refractivity contribution is 6.33. The summed E-state index contributed by atoms with van der Waals surface area (Å²) >= 11 is 18.2. The molecule has 90 heavy (non-hydrogen) atoms. The van der Waals surface area contributed by atoms with Crippen LogP contribution in [0.15, 0.2) is 164 Å². The van der Waals surface area contributed by atoms with Crippen molar-refractivity contribution in [3.8, 4) is 0 Å². The van der Waals surface area contributed by atoms with Crippen LogP contribution >= 0.6 is 34.8 Å². The fraction of sp³-hybridized carbons (Fsp3) is 0.487. The molecule has 0 spiro atoms. The van der Waals surface area contributed by atoms with Crippen molar-refractivity contribution in [1.82, 2.24) is 25.8 Å². The van der Waals surface area contributed by atoms with Gasteiger partial charge in [0.25, 0.3) is 0 Å². The standard InChI is InChI=1S/C27H35ClN2O2.C22H27ClN2.C20H30N2O2.C7H5ClO/c1-26(2,3)32-25(31)30(24-16-22(24)20-10-5-4-6-11-20)19-27(14-9-15-27)18-29-17-21-12-7-8-13-23(21)28;23-20-10-5-4-9-18(20)14-24-15-22(11-6-12-22)16-25-21-13-19(21)17-7-2-1-3-8-17;1-19(2,3)24-18(23)22(14-20(13-21)10-7-11-20)17-12-16(17)15-8-5-4-6-9-15;8-7-4-2-1-3-6(7)5-9/h4-8,10-13,22,24,29H,9,14-19H2,1-3H3;1-5,7-10,19,21,24-25H,6,11-16H2;4-6,8-9,16-17H,7,10-14,21H2,1-3H3;1-5H/t22?,24-;19?,21-;16?,17-;/m000./s1. The predicted molar refractivity (Wildman–Crippen MR) is 368 cm³/mol. The number of carbonyl (C=O) groups is 3. The molecule has 0 saturated heterocycles. The van der Waals surface area contributed by atoms with Crippen LogP contribution in [0.5, 0.6) is 0 Å². The van der Waals surface area contributed by atoms with E-state index in [2.05, 4.69) is 113 Å². The zero-order chi connectivity index (χ0) is 63.9. The number of nitrogens with zero attached hydrogens (tertiary/aromatic N) is 2. The maximum Gasteiger partial charge on any atom is 0.410 e. The van der Waals surface area contributed by atoms with Gasteiger partial charge >= 0.3 is 12.2 Å². The van der Waals surface area contributed by atoms with E-state index in [9.17, 15) is 14.4 Å². The summed E-state index contributed by atoms with van der Waals surface area (Å²) in [5.41, 5.74) is 12.6. The molecule has 0 radical (unpaired) electrons. The number of hydrogen-bond acceptors (Lipinski definition) is 9. The summed E-state index contributed by atoms with van der Waals surface area (Å²) in [6.45, 7) is 18.4. The number of hydrogen-bond donors (Lipinski definition) is 4. The van der Waals surface area contributed by atoms with Crippen LogP contribution < -0.4 is 21.7 Å². The van der Waals surface area contributed by atoms with Crippen molar-refractivity contribution in [2.75, 3.05) is 39.3 Å². The highest BCUT2D eigenvalue weighted by atomic mass is 35.5. The van der Waals surface area contributed by atoms with Gasteiger partial charge in [-0.25, -0.2) is 9.59 Å². The number of benzene rings is 6. The summed E-state index contributed by atoms with van der Waals surface area (Å²) in [6.07, 6.45) is 14.6. The number of rotatable bonds is 22. The molecule has 0 bridgehead atoms. The molecule has 14 heteroatoms. The van der Waals surface area contributed by atoms with E-state index in [1.807, 2.05) is 93.8 Å². The van der Waals surface area contributed by atoms with E-state index in [-0.39, 0.29) is 35.1 Å². The minimum Gasteiger partial charge on any atom is -0.444 e. The molecule has 11 nitrogen and oxygen atoms in total. The van der Waals surface area contributed by atoms with E-state index in [1.165, 1.54) is 60.8 Å². The highest BCUT2D eigenvalue weighted by Crippen LogP contribution is 2.51. The minimum absolute atomic E-state index is 0.0979. The lowest BCUT2D eigenvalue weighted by molar-refractivity contribution is 0.000824. The number of nitrogens with one attached hydrogen (secondary N) is 3. The first kappa shape index (κ1) is 68.6. The largest absolute Gasteiger partial charge is 0.444 e. The van der Waals surface area contributed by atoms with Gasteiger partial charge in [0.2, 0.25) is 0 Å². The molecular weight excluding hydrogens is 1180 g/mol. The molecule has 0 heterocycles. The van der Waals surface area contributed by atoms with E-state index in [1.54, 1.807) is 24.3 Å². The number of carbonyl (C=O) groups excluding carboxylic acids is 3. The third-order valence-corrected chi connectivity index (χ3v) is 20.1. The van der Waals surface area contributed by atoms with Gasteiger partial charge in [0, 0.05) is 108 Å². The molecule has 6 aromatic rings. The zero-order valence-electron chi connectivity index (χ0n) is 53.9. The van der Waals surface area contributed by atoms with Crippen LogP contribution in [-0.2, 0) is 22.6 Å². The lowest BCUT2D eigenvalue weighted by Gasteiger charge is -2.45. The van der Waals surface area contributed by atoms with Crippen LogP contribution in [-0.4, -0.2) is 96.9 Å². The Hall–Kier alpha value is -5.76. The molecule has 3 unspecified atom stereocenters. The van der Waals surface area contributed by atoms with Gasteiger partial charge in [-0.2, -0.15) is 0 Å². The smallest absolute Gasteiger partial charge is 0.410 e. The van der Waals surface area contributed by atoms with Crippen molar-refractivity contribution >= 4 is 53.3 Å². The maximum absolute atomic E-state index is 13.2. The summed E-state index contributed by atoms with van der Waals surface area (Å²) in [6, 6.07) is 56.1. The topological polar surface area (TPSA) is 138 Å². The predicted octanol–water partition coefficient (Wildman–Crippen LogP) is 17.2. The molecule has 6 aromatic carbocycles. The highest BCUT2D eigenvalue weighted by Gasteiger charge is 2.51. The van der Waals surface area contributed by atoms with Crippen molar-refractivity contribution in [3.63, 3.8) is 0 Å². The number of halogens is 3. The Morgan fingerprint density at radius 2 is 0.878 bits per heavy atom. The van der Waals surface area contributed by atoms with E-state index in [0.29, 0.717) is 40.4 Å². The van der Waals surface area contributed by atoms with Crippen molar-refractivity contribution in [2.24, 2.45) is 22.0 Å². The van der Waals surface area contributed by atoms with Gasteiger partial charge in [-0.1, -0.05) is 200 Å². The average molecular weight is 1280 g/mol. The first-order valence-corrected chi connectivity index (χ1v) is 34.0. The molecule has 2 amide bonds.